The lowest BCUT2D eigenvalue weighted by atomic mass is 9.92. The van der Waals surface area contributed by atoms with Gasteiger partial charge in [-0.3, -0.25) is 9.78 Å². The van der Waals surface area contributed by atoms with Crippen LogP contribution in [0.4, 0.5) is 8.78 Å². The first-order valence-electron chi connectivity index (χ1n) is 8.21. The Morgan fingerprint density at radius 2 is 2.12 bits per heavy atom. The van der Waals surface area contributed by atoms with Crippen LogP contribution in [0.25, 0.3) is 0 Å². The molecule has 1 aliphatic rings. The molecule has 0 saturated carbocycles. The maximum absolute atomic E-state index is 12.5. The number of carbonyl (C=O) groups excluding carboxylic acids is 1. The highest BCUT2D eigenvalue weighted by atomic mass is 19.3. The number of halogens is 2. The van der Waals surface area contributed by atoms with Gasteiger partial charge in [0.25, 0.3) is 5.91 Å². The van der Waals surface area contributed by atoms with Crippen molar-refractivity contribution in [2.75, 3.05) is 13.1 Å². The summed E-state index contributed by atoms with van der Waals surface area (Å²) in [4.78, 5) is 18.6. The molecule has 2 aromatic heterocycles. The highest BCUT2D eigenvalue weighted by Crippen LogP contribution is 2.23. The van der Waals surface area contributed by atoms with Gasteiger partial charge < -0.3 is 9.64 Å². The first kappa shape index (κ1) is 17.3. The molecule has 0 atom stereocenters. The van der Waals surface area contributed by atoms with E-state index in [1.54, 1.807) is 11.1 Å². The second-order valence-electron chi connectivity index (χ2n) is 6.13. The summed E-state index contributed by atoms with van der Waals surface area (Å²) in [5.41, 5.74) is 1.19. The number of aromatic nitrogens is 3. The van der Waals surface area contributed by atoms with Gasteiger partial charge in [-0.2, -0.15) is 13.9 Å². The standard InChI is InChI=1S/C17H20F2N4O2/c1-22-15(25-17(18)19)11-14(21-22)16(24)23-8-5-12(6-9-23)10-13-4-2-3-7-20-13/h2-4,7,11-12,17H,5-6,8-10H2,1H3. The van der Waals surface area contributed by atoms with Gasteiger partial charge in [0.15, 0.2) is 5.69 Å². The fourth-order valence-electron chi connectivity index (χ4n) is 3.07. The third kappa shape index (κ3) is 4.32. The smallest absolute Gasteiger partial charge is 0.388 e. The average molecular weight is 350 g/mol. The number of nitrogens with zero attached hydrogens (tertiary/aromatic N) is 4. The molecule has 3 heterocycles. The third-order valence-corrected chi connectivity index (χ3v) is 4.39. The molecule has 0 radical (unpaired) electrons. The normalized spacial score (nSPS) is 15.6. The molecule has 0 aliphatic carbocycles. The topological polar surface area (TPSA) is 60.2 Å². The zero-order valence-electron chi connectivity index (χ0n) is 13.9. The number of rotatable bonds is 5. The SMILES string of the molecule is Cn1nc(C(=O)N2CCC(Cc3ccccn3)CC2)cc1OC(F)F. The van der Waals surface area contributed by atoms with Crippen LogP contribution in [0.15, 0.2) is 30.5 Å². The summed E-state index contributed by atoms with van der Waals surface area (Å²) in [6, 6.07) is 7.13. The summed E-state index contributed by atoms with van der Waals surface area (Å²) in [7, 11) is 1.47. The zero-order chi connectivity index (χ0) is 17.8. The van der Waals surface area contributed by atoms with Gasteiger partial charge in [-0.05, 0) is 37.3 Å². The highest BCUT2D eigenvalue weighted by molar-refractivity contribution is 5.92. The molecule has 0 aromatic carbocycles. The molecule has 1 aliphatic heterocycles. The summed E-state index contributed by atoms with van der Waals surface area (Å²) >= 11 is 0. The first-order valence-corrected chi connectivity index (χ1v) is 8.21. The summed E-state index contributed by atoms with van der Waals surface area (Å²) < 4.78 is 30.1. The van der Waals surface area contributed by atoms with Gasteiger partial charge >= 0.3 is 6.61 Å². The first-order chi connectivity index (χ1) is 12.0. The van der Waals surface area contributed by atoms with Crippen molar-refractivity contribution >= 4 is 5.91 Å². The lowest BCUT2D eigenvalue weighted by Gasteiger charge is -2.31. The monoisotopic (exact) mass is 350 g/mol. The fraction of sp³-hybridized carbons (Fsp3) is 0.471. The quantitative estimate of drug-likeness (QED) is 0.831. The van der Waals surface area contributed by atoms with Crippen LogP contribution in [0, 0.1) is 5.92 Å². The number of carbonyl (C=O) groups is 1. The Hall–Kier alpha value is -2.51. The number of pyridine rings is 1. The maximum atomic E-state index is 12.5. The molecular weight excluding hydrogens is 330 g/mol. The molecule has 1 fully saturated rings. The molecular formula is C17H20F2N4O2. The van der Waals surface area contributed by atoms with E-state index < -0.39 is 6.61 Å². The molecule has 134 valence electrons. The number of ether oxygens (including phenoxy) is 1. The Balaban J connectivity index is 1.56. The second-order valence-corrected chi connectivity index (χ2v) is 6.13. The summed E-state index contributed by atoms with van der Waals surface area (Å²) in [6.45, 7) is -1.70. The number of likely N-dealkylation sites (tertiary alicyclic amines) is 1. The van der Waals surface area contributed by atoms with E-state index in [1.807, 2.05) is 18.2 Å². The minimum Gasteiger partial charge on any atom is -0.417 e. The largest absolute Gasteiger partial charge is 0.417 e. The van der Waals surface area contributed by atoms with Crippen LogP contribution in [0.1, 0.15) is 29.0 Å². The molecule has 25 heavy (non-hydrogen) atoms. The molecule has 8 heteroatoms. The molecule has 0 unspecified atom stereocenters. The number of hydrogen-bond acceptors (Lipinski definition) is 4. The van der Waals surface area contributed by atoms with Gasteiger partial charge in [-0.25, -0.2) is 4.68 Å². The molecule has 0 N–H and O–H groups in total. The molecule has 1 saturated heterocycles. The highest BCUT2D eigenvalue weighted by Gasteiger charge is 2.26. The zero-order valence-corrected chi connectivity index (χ0v) is 13.9. The Morgan fingerprint density at radius 1 is 1.36 bits per heavy atom. The number of hydrogen-bond donors (Lipinski definition) is 0. The van der Waals surface area contributed by atoms with E-state index in [0.717, 1.165) is 29.6 Å². The van der Waals surface area contributed by atoms with Gasteiger partial charge in [-0.1, -0.05) is 6.07 Å². The van der Waals surface area contributed by atoms with Crippen molar-refractivity contribution in [3.63, 3.8) is 0 Å². The van der Waals surface area contributed by atoms with Crippen LogP contribution < -0.4 is 4.74 Å². The van der Waals surface area contributed by atoms with Crippen molar-refractivity contribution < 1.29 is 18.3 Å². The summed E-state index contributed by atoms with van der Waals surface area (Å²) in [5.74, 6) is 0.111. The van der Waals surface area contributed by atoms with Crippen LogP contribution in [0.2, 0.25) is 0 Å². The van der Waals surface area contributed by atoms with Crippen molar-refractivity contribution in [3.8, 4) is 5.88 Å². The predicted octanol–water partition coefficient (Wildman–Crippen LogP) is 2.51. The van der Waals surface area contributed by atoms with E-state index in [-0.39, 0.29) is 17.5 Å². The average Bonchev–Trinajstić information content (AvgIpc) is 2.96. The van der Waals surface area contributed by atoms with Gasteiger partial charge in [-0.15, -0.1) is 0 Å². The molecule has 1 amide bonds. The van der Waals surface area contributed by atoms with Crippen molar-refractivity contribution in [1.82, 2.24) is 19.7 Å². The maximum Gasteiger partial charge on any atom is 0.388 e. The Labute approximate surface area is 144 Å². The van der Waals surface area contributed by atoms with Crippen molar-refractivity contribution in [1.29, 1.82) is 0 Å². The predicted molar refractivity (Wildman–Crippen MR) is 86.4 cm³/mol. The van der Waals surface area contributed by atoms with E-state index >= 15 is 0 Å². The van der Waals surface area contributed by atoms with Gasteiger partial charge in [0, 0.05) is 38.1 Å². The van der Waals surface area contributed by atoms with E-state index in [2.05, 4.69) is 14.8 Å². The minimum atomic E-state index is -2.94. The van der Waals surface area contributed by atoms with Crippen LogP contribution in [-0.2, 0) is 13.5 Å². The van der Waals surface area contributed by atoms with E-state index in [1.165, 1.54) is 13.1 Å². The Morgan fingerprint density at radius 3 is 2.76 bits per heavy atom. The van der Waals surface area contributed by atoms with Gasteiger partial charge in [0.2, 0.25) is 5.88 Å². The lowest BCUT2D eigenvalue weighted by molar-refractivity contribution is -0.0553. The van der Waals surface area contributed by atoms with Crippen LogP contribution in [0.5, 0.6) is 5.88 Å². The van der Waals surface area contributed by atoms with E-state index in [0.29, 0.717) is 19.0 Å². The summed E-state index contributed by atoms with van der Waals surface area (Å²) in [5, 5.41) is 3.98. The van der Waals surface area contributed by atoms with Crippen molar-refractivity contribution in [3.05, 3.63) is 41.9 Å². The molecule has 0 bridgehead atoms. The minimum absolute atomic E-state index is 0.122. The number of aryl methyl sites for hydroxylation is 1. The molecule has 6 nitrogen and oxygen atoms in total. The summed E-state index contributed by atoms with van der Waals surface area (Å²) in [6.07, 6.45) is 4.46. The van der Waals surface area contributed by atoms with Gasteiger partial charge in [0.1, 0.15) is 0 Å². The molecule has 2 aromatic rings. The van der Waals surface area contributed by atoms with Crippen molar-refractivity contribution in [2.45, 2.75) is 25.9 Å². The fourth-order valence-corrected chi connectivity index (χ4v) is 3.07. The lowest BCUT2D eigenvalue weighted by Crippen LogP contribution is -2.39. The second kappa shape index (κ2) is 7.58. The van der Waals surface area contributed by atoms with Crippen LogP contribution in [0.3, 0.4) is 0 Å². The number of piperidine rings is 1. The Bertz CT molecular complexity index is 713. The van der Waals surface area contributed by atoms with E-state index in [9.17, 15) is 13.6 Å². The van der Waals surface area contributed by atoms with Crippen LogP contribution >= 0.6 is 0 Å². The van der Waals surface area contributed by atoms with Crippen LogP contribution in [-0.4, -0.2) is 45.3 Å². The molecule has 3 rings (SSSR count). The molecule has 0 spiro atoms. The Kier molecular flexibility index (Phi) is 5.25. The number of amides is 1. The van der Waals surface area contributed by atoms with Gasteiger partial charge in [0.05, 0.1) is 0 Å². The third-order valence-electron chi connectivity index (χ3n) is 4.39. The number of alkyl halides is 2. The van der Waals surface area contributed by atoms with E-state index in [4.69, 9.17) is 0 Å². The van der Waals surface area contributed by atoms with Crippen molar-refractivity contribution in [2.24, 2.45) is 13.0 Å².